The van der Waals surface area contributed by atoms with Crippen molar-refractivity contribution in [2.24, 2.45) is 0 Å². The van der Waals surface area contributed by atoms with E-state index in [1.165, 1.54) is 20.5 Å². The van der Waals surface area contributed by atoms with Gasteiger partial charge < -0.3 is 31.4 Å². The van der Waals surface area contributed by atoms with Gasteiger partial charge in [0.05, 0.1) is 36.1 Å². The number of methoxy groups -OCH3 is 1. The molecule has 0 atom stereocenters. The second-order valence-corrected chi connectivity index (χ2v) is 7.04. The highest BCUT2D eigenvalue weighted by atomic mass is 16.5. The lowest BCUT2D eigenvalue weighted by Crippen LogP contribution is -2.37. The number of ether oxygens (including phenoxy) is 1. The summed E-state index contributed by atoms with van der Waals surface area (Å²) in [4.78, 5) is 38.0. The first kappa shape index (κ1) is 22.8. The van der Waals surface area contributed by atoms with E-state index in [4.69, 9.17) is 10.1 Å². The first-order valence-electron chi connectivity index (χ1n) is 10.1. The van der Waals surface area contributed by atoms with Gasteiger partial charge in [-0.3, -0.25) is 9.59 Å². The summed E-state index contributed by atoms with van der Waals surface area (Å²) in [5, 5.41) is 18.9. The lowest BCUT2D eigenvalue weighted by molar-refractivity contribution is -0.117. The lowest BCUT2D eigenvalue weighted by atomic mass is 10.2. The van der Waals surface area contributed by atoms with Crippen LogP contribution in [0, 0.1) is 5.41 Å². The van der Waals surface area contributed by atoms with Gasteiger partial charge in [0, 0.05) is 38.5 Å². The van der Waals surface area contributed by atoms with Crippen LogP contribution in [0.4, 0.5) is 11.4 Å². The van der Waals surface area contributed by atoms with Gasteiger partial charge in [-0.15, -0.1) is 0 Å². The van der Waals surface area contributed by atoms with E-state index in [-0.39, 0.29) is 17.1 Å². The van der Waals surface area contributed by atoms with Crippen LogP contribution in [0.25, 0.3) is 0 Å². The van der Waals surface area contributed by atoms with Crippen LogP contribution < -0.4 is 21.3 Å². The van der Waals surface area contributed by atoms with Crippen molar-refractivity contribution in [3.63, 3.8) is 0 Å². The van der Waals surface area contributed by atoms with E-state index in [9.17, 15) is 9.59 Å². The monoisotopic (exact) mass is 438 g/mol. The Balaban J connectivity index is 1.91. The SMILES string of the molecule is CNC(=O)/C(NCCOC)=C(/C=N)NC(=O)c1nc(C2CC2)ccc1Nc1cncnc1. The molecule has 0 spiro atoms. The van der Waals surface area contributed by atoms with Gasteiger partial charge in [-0.1, -0.05) is 0 Å². The highest BCUT2D eigenvalue weighted by Gasteiger charge is 2.27. The minimum Gasteiger partial charge on any atom is -0.383 e. The van der Waals surface area contributed by atoms with Crippen molar-refractivity contribution < 1.29 is 14.3 Å². The normalized spacial score (nSPS) is 13.6. The van der Waals surface area contributed by atoms with E-state index in [1.807, 2.05) is 6.07 Å². The molecule has 2 heterocycles. The molecule has 0 aromatic carbocycles. The fourth-order valence-corrected chi connectivity index (χ4v) is 2.93. The summed E-state index contributed by atoms with van der Waals surface area (Å²) < 4.78 is 4.99. The quantitative estimate of drug-likeness (QED) is 0.198. The van der Waals surface area contributed by atoms with Gasteiger partial charge >= 0.3 is 0 Å². The first-order valence-corrected chi connectivity index (χ1v) is 10.1. The Labute approximate surface area is 185 Å². The van der Waals surface area contributed by atoms with Crippen molar-refractivity contribution in [3.8, 4) is 0 Å². The van der Waals surface area contributed by atoms with Gasteiger partial charge in [-0.05, 0) is 25.0 Å². The number of amides is 2. The molecule has 0 bridgehead atoms. The van der Waals surface area contributed by atoms with E-state index in [0.29, 0.717) is 30.4 Å². The Bertz CT molecular complexity index is 1010. The number of aromatic nitrogens is 3. The number of likely N-dealkylation sites (N-methyl/N-ethyl adjacent to an activating group) is 1. The van der Waals surface area contributed by atoms with Gasteiger partial charge in [-0.25, -0.2) is 15.0 Å². The van der Waals surface area contributed by atoms with Crippen molar-refractivity contribution in [2.45, 2.75) is 18.8 Å². The number of nitrogens with zero attached hydrogens (tertiary/aromatic N) is 3. The zero-order valence-electron chi connectivity index (χ0n) is 17.9. The maximum Gasteiger partial charge on any atom is 0.276 e. The van der Waals surface area contributed by atoms with Crippen LogP contribution in [-0.4, -0.2) is 60.3 Å². The van der Waals surface area contributed by atoms with E-state index in [1.54, 1.807) is 18.5 Å². The lowest BCUT2D eigenvalue weighted by Gasteiger charge is -2.16. The first-order chi connectivity index (χ1) is 15.6. The average Bonchev–Trinajstić information content (AvgIpc) is 3.66. The predicted molar refractivity (Wildman–Crippen MR) is 119 cm³/mol. The standard InChI is InChI=1S/C21H26N8O3/c1-23-20(30)18(26-7-8-32-2)17(9-22)29-21(31)19-16(27-14-10-24-12-25-11-14)6-5-15(28-19)13-3-4-13/h5-6,9-13,22,26-27H,3-4,7-8H2,1-2H3,(H,23,30)(H,29,31)/b18-17+,22-9?. The number of nitrogens with one attached hydrogen (secondary N) is 5. The smallest absolute Gasteiger partial charge is 0.276 e. The predicted octanol–water partition coefficient (Wildman–Crippen LogP) is 1.07. The second kappa shape index (κ2) is 11.0. The summed E-state index contributed by atoms with van der Waals surface area (Å²) >= 11 is 0. The fraction of sp³-hybridized carbons (Fsp3) is 0.333. The molecule has 1 aliphatic rings. The zero-order valence-corrected chi connectivity index (χ0v) is 17.9. The number of rotatable bonds is 11. The molecular weight excluding hydrogens is 412 g/mol. The summed E-state index contributed by atoms with van der Waals surface area (Å²) in [6.45, 7) is 0.667. The van der Waals surface area contributed by atoms with Crippen molar-refractivity contribution in [1.29, 1.82) is 5.41 Å². The summed E-state index contributed by atoms with van der Waals surface area (Å²) in [7, 11) is 3.00. The van der Waals surface area contributed by atoms with Gasteiger partial charge in [-0.2, -0.15) is 0 Å². The van der Waals surface area contributed by atoms with E-state index < -0.39 is 11.8 Å². The fourth-order valence-electron chi connectivity index (χ4n) is 2.93. The van der Waals surface area contributed by atoms with Crippen LogP contribution in [-0.2, 0) is 9.53 Å². The molecule has 5 N–H and O–H groups in total. The van der Waals surface area contributed by atoms with Gasteiger partial charge in [0.15, 0.2) is 5.69 Å². The number of anilines is 2. The molecule has 0 aliphatic heterocycles. The van der Waals surface area contributed by atoms with Crippen molar-refractivity contribution >= 4 is 29.4 Å². The van der Waals surface area contributed by atoms with Crippen LogP contribution >= 0.6 is 0 Å². The zero-order chi connectivity index (χ0) is 22.9. The number of carbonyl (C=O) groups is 2. The number of hydrogen-bond donors (Lipinski definition) is 5. The van der Waals surface area contributed by atoms with E-state index in [2.05, 4.69) is 36.2 Å². The van der Waals surface area contributed by atoms with Crippen LogP contribution in [0.15, 0.2) is 42.2 Å². The molecule has 168 valence electrons. The van der Waals surface area contributed by atoms with Crippen LogP contribution in [0.1, 0.15) is 34.9 Å². The minimum absolute atomic E-state index is 0.0121. The number of pyridine rings is 1. The van der Waals surface area contributed by atoms with Crippen molar-refractivity contribution in [1.82, 2.24) is 30.9 Å². The second-order valence-electron chi connectivity index (χ2n) is 7.04. The molecule has 0 saturated heterocycles. The Hall–Kier alpha value is -3.86. The number of allylic oxidation sites excluding steroid dienone is 1. The molecule has 0 radical (unpaired) electrons. The highest BCUT2D eigenvalue weighted by Crippen LogP contribution is 2.39. The molecule has 1 aliphatic carbocycles. The van der Waals surface area contributed by atoms with Gasteiger partial charge in [0.2, 0.25) is 0 Å². The van der Waals surface area contributed by atoms with E-state index in [0.717, 1.165) is 24.8 Å². The van der Waals surface area contributed by atoms with Crippen molar-refractivity contribution in [3.05, 3.63) is 53.6 Å². The number of carbonyl (C=O) groups excluding carboxylic acids is 2. The molecular formula is C21H26N8O3. The average molecular weight is 438 g/mol. The maximum absolute atomic E-state index is 13.2. The minimum atomic E-state index is -0.555. The Morgan fingerprint density at radius 2 is 2.00 bits per heavy atom. The third kappa shape index (κ3) is 5.85. The summed E-state index contributed by atoms with van der Waals surface area (Å²) in [6, 6.07) is 3.67. The highest BCUT2D eigenvalue weighted by molar-refractivity contribution is 6.05. The molecule has 32 heavy (non-hydrogen) atoms. The molecule has 1 saturated carbocycles. The van der Waals surface area contributed by atoms with Gasteiger partial charge in [0.25, 0.3) is 11.8 Å². The molecule has 11 nitrogen and oxygen atoms in total. The molecule has 3 rings (SSSR count). The molecule has 2 aromatic rings. The van der Waals surface area contributed by atoms with Crippen LogP contribution in [0.2, 0.25) is 0 Å². The largest absolute Gasteiger partial charge is 0.383 e. The van der Waals surface area contributed by atoms with Crippen LogP contribution in [0.3, 0.4) is 0 Å². The third-order valence-corrected chi connectivity index (χ3v) is 4.69. The maximum atomic E-state index is 13.2. The van der Waals surface area contributed by atoms with Crippen LogP contribution in [0.5, 0.6) is 0 Å². The molecule has 1 fully saturated rings. The van der Waals surface area contributed by atoms with Crippen molar-refractivity contribution in [2.75, 3.05) is 32.6 Å². The van der Waals surface area contributed by atoms with Gasteiger partial charge in [0.1, 0.15) is 12.0 Å². The molecule has 11 heteroatoms. The summed E-state index contributed by atoms with van der Waals surface area (Å²) in [5.74, 6) is -0.690. The number of hydrogen-bond acceptors (Lipinski definition) is 9. The Morgan fingerprint density at radius 3 is 2.62 bits per heavy atom. The Morgan fingerprint density at radius 1 is 1.25 bits per heavy atom. The topological polar surface area (TPSA) is 154 Å². The molecule has 2 aromatic heterocycles. The molecule has 0 unspecified atom stereocenters. The summed E-state index contributed by atoms with van der Waals surface area (Å²) in [6.07, 6.45) is 7.54. The van der Waals surface area contributed by atoms with E-state index >= 15 is 0 Å². The molecule has 2 amide bonds. The third-order valence-electron chi connectivity index (χ3n) is 4.69. The summed E-state index contributed by atoms with van der Waals surface area (Å²) in [5.41, 5.74) is 2.09. The Kier molecular flexibility index (Phi) is 7.81.